The summed E-state index contributed by atoms with van der Waals surface area (Å²) in [5, 5.41) is 1.96. The number of benzene rings is 1. The lowest BCUT2D eigenvalue weighted by molar-refractivity contribution is 0.174. The minimum Gasteiger partial charge on any atom is -0.454 e. The third-order valence-electron chi connectivity index (χ3n) is 2.06. The molecule has 0 saturated carbocycles. The molecule has 1 aromatic carbocycles. The summed E-state index contributed by atoms with van der Waals surface area (Å²) in [6.07, 6.45) is 0. The van der Waals surface area contributed by atoms with E-state index in [-0.39, 0.29) is 0 Å². The summed E-state index contributed by atoms with van der Waals surface area (Å²) in [5.41, 5.74) is 4.77. The second-order valence-corrected chi connectivity index (χ2v) is 3.55. The van der Waals surface area contributed by atoms with Crippen LogP contribution >= 0.6 is 11.3 Å². The van der Waals surface area contributed by atoms with Gasteiger partial charge in [0.2, 0.25) is 6.79 Å². The van der Waals surface area contributed by atoms with Crippen LogP contribution in [0.5, 0.6) is 11.5 Å². The number of fused-ring (bicyclic) bond motifs is 1. The van der Waals surface area contributed by atoms with Gasteiger partial charge in [0, 0.05) is 10.9 Å². The van der Waals surface area contributed by atoms with Gasteiger partial charge in [-0.05, 0) is 18.2 Å². The Bertz CT molecular complexity index is 453. The van der Waals surface area contributed by atoms with E-state index < -0.39 is 0 Å². The first-order valence-electron chi connectivity index (χ1n) is 4.15. The monoisotopic (exact) mass is 204 g/mol. The van der Waals surface area contributed by atoms with E-state index in [4.69, 9.17) is 9.47 Å². The highest BCUT2D eigenvalue weighted by Gasteiger charge is 2.14. The van der Waals surface area contributed by atoms with E-state index in [1.165, 1.54) is 11.3 Å². The van der Waals surface area contributed by atoms with Gasteiger partial charge in [0.15, 0.2) is 17.0 Å². The molecule has 14 heavy (non-hydrogen) atoms. The molecule has 0 N–H and O–H groups in total. The van der Waals surface area contributed by atoms with Crippen LogP contribution in [-0.4, -0.2) is 11.8 Å². The van der Waals surface area contributed by atoms with Crippen molar-refractivity contribution in [1.82, 2.24) is 4.98 Å². The van der Waals surface area contributed by atoms with Crippen LogP contribution in [0.1, 0.15) is 0 Å². The van der Waals surface area contributed by atoms with Crippen LogP contribution < -0.4 is 9.47 Å². The van der Waals surface area contributed by atoms with Crippen LogP contribution in [0.2, 0.25) is 0 Å². The number of hydrogen-bond acceptors (Lipinski definition) is 4. The van der Waals surface area contributed by atoms with Crippen LogP contribution in [0, 0.1) is 5.51 Å². The molecular weight excluding hydrogens is 198 g/mol. The minimum absolute atomic E-state index is 0.308. The van der Waals surface area contributed by atoms with Crippen molar-refractivity contribution in [3.05, 3.63) is 29.1 Å². The van der Waals surface area contributed by atoms with Crippen LogP contribution in [-0.2, 0) is 0 Å². The summed E-state index contributed by atoms with van der Waals surface area (Å²) >= 11 is 1.46. The fourth-order valence-electron chi connectivity index (χ4n) is 1.37. The normalized spacial score (nSPS) is 13.1. The smallest absolute Gasteiger partial charge is 0.231 e. The second-order valence-electron chi connectivity index (χ2n) is 2.89. The van der Waals surface area contributed by atoms with Crippen LogP contribution in [0.15, 0.2) is 23.6 Å². The third kappa shape index (κ3) is 1.15. The van der Waals surface area contributed by atoms with Gasteiger partial charge in [-0.2, -0.15) is 0 Å². The molecule has 4 heteroatoms. The van der Waals surface area contributed by atoms with Crippen molar-refractivity contribution < 1.29 is 9.47 Å². The summed E-state index contributed by atoms with van der Waals surface area (Å²) < 4.78 is 10.5. The van der Waals surface area contributed by atoms with Crippen LogP contribution in [0.3, 0.4) is 0 Å². The molecule has 0 fully saturated rings. The lowest BCUT2D eigenvalue weighted by Gasteiger charge is -1.98. The van der Waals surface area contributed by atoms with Crippen molar-refractivity contribution in [2.75, 3.05) is 6.79 Å². The topological polar surface area (TPSA) is 31.4 Å². The zero-order chi connectivity index (χ0) is 9.38. The van der Waals surface area contributed by atoms with Gasteiger partial charge in [-0.3, -0.25) is 0 Å². The predicted molar refractivity (Wildman–Crippen MR) is 52.5 cm³/mol. The first-order valence-corrected chi connectivity index (χ1v) is 5.03. The maximum absolute atomic E-state index is 5.28. The summed E-state index contributed by atoms with van der Waals surface area (Å²) in [4.78, 5) is 4.11. The molecule has 0 aliphatic carbocycles. The highest BCUT2D eigenvalue weighted by molar-refractivity contribution is 7.07. The lowest BCUT2D eigenvalue weighted by atomic mass is 10.1. The number of aromatic nitrogens is 1. The van der Waals surface area contributed by atoms with Gasteiger partial charge in [-0.15, -0.1) is 11.3 Å². The molecule has 0 atom stereocenters. The van der Waals surface area contributed by atoms with Gasteiger partial charge >= 0.3 is 0 Å². The summed E-state index contributed by atoms with van der Waals surface area (Å²) in [7, 11) is 0. The number of nitrogens with zero attached hydrogens (tertiary/aromatic N) is 1. The number of hydrogen-bond donors (Lipinski definition) is 0. The Morgan fingerprint density at radius 2 is 2.21 bits per heavy atom. The highest BCUT2D eigenvalue weighted by Crippen LogP contribution is 2.35. The fourth-order valence-corrected chi connectivity index (χ4v) is 1.88. The summed E-state index contributed by atoms with van der Waals surface area (Å²) in [6.45, 7) is 0.308. The SMILES string of the molecule is [c]1nc(-c2ccc3c(c2)OCO3)cs1. The Balaban J connectivity index is 2.09. The van der Waals surface area contributed by atoms with Crippen molar-refractivity contribution in [2.24, 2.45) is 0 Å². The fraction of sp³-hybridized carbons (Fsp3) is 0.100. The predicted octanol–water partition coefficient (Wildman–Crippen LogP) is 2.34. The molecule has 0 saturated heterocycles. The average molecular weight is 204 g/mol. The lowest BCUT2D eigenvalue weighted by Crippen LogP contribution is -1.92. The van der Waals surface area contributed by atoms with Crippen molar-refractivity contribution >= 4 is 11.3 Å². The average Bonchev–Trinajstić information content (AvgIpc) is 2.88. The van der Waals surface area contributed by atoms with E-state index >= 15 is 0 Å². The molecule has 3 rings (SSSR count). The van der Waals surface area contributed by atoms with E-state index in [0.717, 1.165) is 22.8 Å². The number of thiazole rings is 1. The zero-order valence-electron chi connectivity index (χ0n) is 7.19. The minimum atomic E-state index is 0.308. The molecule has 2 heterocycles. The van der Waals surface area contributed by atoms with Crippen molar-refractivity contribution in [2.45, 2.75) is 0 Å². The molecule has 1 aliphatic rings. The van der Waals surface area contributed by atoms with E-state index in [0.29, 0.717) is 6.79 Å². The Hall–Kier alpha value is -1.55. The number of rotatable bonds is 1. The Morgan fingerprint density at radius 1 is 1.29 bits per heavy atom. The zero-order valence-corrected chi connectivity index (χ0v) is 8.00. The van der Waals surface area contributed by atoms with Crippen molar-refractivity contribution in [3.63, 3.8) is 0 Å². The molecule has 3 nitrogen and oxygen atoms in total. The Kier molecular flexibility index (Phi) is 1.67. The Morgan fingerprint density at radius 3 is 3.07 bits per heavy atom. The maximum atomic E-state index is 5.28. The van der Waals surface area contributed by atoms with E-state index in [1.54, 1.807) is 0 Å². The molecule has 69 valence electrons. The maximum Gasteiger partial charge on any atom is 0.231 e. The van der Waals surface area contributed by atoms with Gasteiger partial charge in [0.25, 0.3) is 0 Å². The Labute approximate surface area is 84.9 Å². The second kappa shape index (κ2) is 2.99. The van der Waals surface area contributed by atoms with E-state index in [2.05, 4.69) is 10.5 Å². The molecule has 0 bridgehead atoms. The first-order chi connectivity index (χ1) is 6.93. The van der Waals surface area contributed by atoms with Crippen molar-refractivity contribution in [3.8, 4) is 22.8 Å². The molecule has 2 aromatic rings. The first kappa shape index (κ1) is 7.82. The van der Waals surface area contributed by atoms with Crippen molar-refractivity contribution in [1.29, 1.82) is 0 Å². The van der Waals surface area contributed by atoms with Crippen LogP contribution in [0.4, 0.5) is 0 Å². The van der Waals surface area contributed by atoms with Gasteiger partial charge < -0.3 is 9.47 Å². The molecule has 0 amide bonds. The van der Waals surface area contributed by atoms with Gasteiger partial charge in [-0.25, -0.2) is 4.98 Å². The van der Waals surface area contributed by atoms with Crippen LogP contribution in [0.25, 0.3) is 11.3 Å². The standard InChI is InChI=1S/C10H6NO2S/c1-2-9-10(13-6-12-9)3-7(1)8-4-14-5-11-8/h1-4H,6H2. The molecule has 1 radical (unpaired) electrons. The molecule has 0 unspecified atom stereocenters. The summed E-state index contributed by atoms with van der Waals surface area (Å²) in [6, 6.07) is 5.80. The summed E-state index contributed by atoms with van der Waals surface area (Å²) in [5.74, 6) is 1.59. The largest absolute Gasteiger partial charge is 0.454 e. The number of ether oxygens (including phenoxy) is 2. The van der Waals surface area contributed by atoms with Gasteiger partial charge in [0.05, 0.1) is 5.69 Å². The quantitative estimate of drug-likeness (QED) is 0.714. The van der Waals surface area contributed by atoms with Gasteiger partial charge in [-0.1, -0.05) is 0 Å². The third-order valence-corrected chi connectivity index (χ3v) is 2.60. The van der Waals surface area contributed by atoms with E-state index in [9.17, 15) is 0 Å². The molecular formula is C10H6NO2S. The highest BCUT2D eigenvalue weighted by atomic mass is 32.1. The molecule has 1 aromatic heterocycles. The molecule has 1 aliphatic heterocycles. The molecule has 0 spiro atoms. The van der Waals surface area contributed by atoms with Gasteiger partial charge in [0.1, 0.15) is 0 Å². The van der Waals surface area contributed by atoms with E-state index in [1.807, 2.05) is 23.6 Å².